The molecule has 18 heavy (non-hydrogen) atoms. The molecule has 0 bridgehead atoms. The van der Waals surface area contributed by atoms with Crippen LogP contribution in [0.25, 0.3) is 0 Å². The maximum absolute atomic E-state index is 13.3. The van der Waals surface area contributed by atoms with Gasteiger partial charge in [0, 0.05) is 18.2 Å². The molecule has 0 aliphatic carbocycles. The predicted molar refractivity (Wildman–Crippen MR) is 54.2 cm³/mol. The number of hydrogen-bond donors (Lipinski definition) is 1. The third kappa shape index (κ3) is 2.62. The van der Waals surface area contributed by atoms with Gasteiger partial charge in [-0.15, -0.1) is 0 Å². The van der Waals surface area contributed by atoms with Gasteiger partial charge in [0.25, 0.3) is 0 Å². The highest BCUT2D eigenvalue weighted by Crippen LogP contribution is 2.24. The van der Waals surface area contributed by atoms with Crippen LogP contribution >= 0.6 is 0 Å². The number of likely N-dealkylation sites (N-methyl/N-ethyl adjacent to an activating group) is 1. The van der Waals surface area contributed by atoms with Crippen LogP contribution in [0.3, 0.4) is 0 Å². The van der Waals surface area contributed by atoms with Crippen LogP contribution in [0, 0.1) is 29.1 Å². The van der Waals surface area contributed by atoms with E-state index in [2.05, 4.69) is 0 Å². The zero-order chi connectivity index (χ0) is 14.0. The number of halogens is 5. The Morgan fingerprint density at radius 1 is 0.944 bits per heavy atom. The Bertz CT molecular complexity index is 423. The molecule has 1 aromatic rings. The molecule has 1 unspecified atom stereocenters. The van der Waals surface area contributed by atoms with E-state index < -0.39 is 47.2 Å². The molecule has 0 radical (unpaired) electrons. The molecule has 0 saturated heterocycles. The first kappa shape index (κ1) is 14.8. The first-order chi connectivity index (χ1) is 8.31. The Kier molecular flexibility index (Phi) is 4.64. The van der Waals surface area contributed by atoms with E-state index in [4.69, 9.17) is 5.11 Å². The summed E-state index contributed by atoms with van der Waals surface area (Å²) in [5, 5.41) is 8.84. The standard InChI is InChI=1S/C11H12F5NO/c1-5(4-18)17(2)3-6-7(12)9(14)11(16)10(15)8(6)13/h5,18H,3-4H2,1-2H3. The van der Waals surface area contributed by atoms with E-state index in [1.54, 1.807) is 6.92 Å². The SMILES string of the molecule is CC(CO)N(C)Cc1c(F)c(F)c(F)c(F)c1F. The molecular formula is C11H12F5NO. The van der Waals surface area contributed by atoms with E-state index in [9.17, 15) is 22.0 Å². The number of rotatable bonds is 4. The van der Waals surface area contributed by atoms with Gasteiger partial charge in [-0.25, -0.2) is 22.0 Å². The lowest BCUT2D eigenvalue weighted by atomic mass is 10.1. The van der Waals surface area contributed by atoms with Crippen LogP contribution in [0.15, 0.2) is 0 Å². The van der Waals surface area contributed by atoms with Crippen LogP contribution in [0.4, 0.5) is 22.0 Å². The lowest BCUT2D eigenvalue weighted by Crippen LogP contribution is -2.32. The molecule has 102 valence electrons. The van der Waals surface area contributed by atoms with E-state index in [1.807, 2.05) is 0 Å². The summed E-state index contributed by atoms with van der Waals surface area (Å²) in [7, 11) is 1.40. The van der Waals surface area contributed by atoms with Crippen LogP contribution in [-0.4, -0.2) is 29.7 Å². The number of benzene rings is 1. The van der Waals surface area contributed by atoms with E-state index >= 15 is 0 Å². The zero-order valence-corrected chi connectivity index (χ0v) is 9.78. The first-order valence-electron chi connectivity index (χ1n) is 5.12. The highest BCUT2D eigenvalue weighted by Gasteiger charge is 2.26. The van der Waals surface area contributed by atoms with E-state index in [0.717, 1.165) is 0 Å². The smallest absolute Gasteiger partial charge is 0.200 e. The summed E-state index contributed by atoms with van der Waals surface area (Å²) in [5.74, 6) is -9.79. The van der Waals surface area contributed by atoms with Crippen LogP contribution in [0.1, 0.15) is 12.5 Å². The highest BCUT2D eigenvalue weighted by molar-refractivity contribution is 5.24. The van der Waals surface area contributed by atoms with Crippen molar-refractivity contribution in [3.05, 3.63) is 34.6 Å². The molecule has 1 rings (SSSR count). The van der Waals surface area contributed by atoms with Crippen LogP contribution in [0.5, 0.6) is 0 Å². The van der Waals surface area contributed by atoms with Gasteiger partial charge in [0.1, 0.15) is 0 Å². The van der Waals surface area contributed by atoms with Crippen molar-refractivity contribution in [2.45, 2.75) is 19.5 Å². The minimum atomic E-state index is -2.17. The van der Waals surface area contributed by atoms with Gasteiger partial charge in [-0.05, 0) is 14.0 Å². The fourth-order valence-corrected chi connectivity index (χ4v) is 1.33. The van der Waals surface area contributed by atoms with Crippen LogP contribution in [-0.2, 0) is 6.54 Å². The monoisotopic (exact) mass is 269 g/mol. The Labute approximate surface area is 101 Å². The summed E-state index contributed by atoms with van der Waals surface area (Å²) in [6.45, 7) is 0.755. The summed E-state index contributed by atoms with van der Waals surface area (Å²) in [6, 6.07) is -0.472. The van der Waals surface area contributed by atoms with Gasteiger partial charge < -0.3 is 5.11 Å². The molecule has 0 amide bonds. The normalized spacial score (nSPS) is 13.2. The van der Waals surface area contributed by atoms with Gasteiger partial charge in [0.05, 0.1) is 6.61 Å². The fourth-order valence-electron chi connectivity index (χ4n) is 1.33. The van der Waals surface area contributed by atoms with Crippen LogP contribution in [0.2, 0.25) is 0 Å². The molecule has 2 nitrogen and oxygen atoms in total. The van der Waals surface area contributed by atoms with Crippen molar-refractivity contribution in [3.8, 4) is 0 Å². The van der Waals surface area contributed by atoms with Gasteiger partial charge in [-0.2, -0.15) is 0 Å². The average molecular weight is 269 g/mol. The Hall–Kier alpha value is -1.21. The van der Waals surface area contributed by atoms with Gasteiger partial charge in [-0.1, -0.05) is 0 Å². The lowest BCUT2D eigenvalue weighted by molar-refractivity contribution is 0.150. The second-order valence-corrected chi connectivity index (χ2v) is 4.00. The molecule has 0 aliphatic heterocycles. The molecule has 0 aromatic heterocycles. The molecule has 0 spiro atoms. The summed E-state index contributed by atoms with van der Waals surface area (Å²) in [6.07, 6.45) is 0. The molecule has 0 fully saturated rings. The molecule has 0 saturated carbocycles. The van der Waals surface area contributed by atoms with E-state index in [1.165, 1.54) is 11.9 Å². The fraction of sp³-hybridized carbons (Fsp3) is 0.455. The quantitative estimate of drug-likeness (QED) is 0.514. The summed E-state index contributed by atoms with van der Waals surface area (Å²) in [5.41, 5.74) is -0.908. The van der Waals surface area contributed by atoms with Gasteiger partial charge in [0.15, 0.2) is 23.3 Å². The molecule has 1 aromatic carbocycles. The zero-order valence-electron chi connectivity index (χ0n) is 9.78. The molecule has 0 heterocycles. The summed E-state index contributed by atoms with van der Waals surface area (Å²) < 4.78 is 65.2. The van der Waals surface area contributed by atoms with Crippen molar-refractivity contribution < 1.29 is 27.1 Å². The maximum atomic E-state index is 13.3. The Morgan fingerprint density at radius 3 is 1.72 bits per heavy atom. The lowest BCUT2D eigenvalue weighted by Gasteiger charge is -2.23. The first-order valence-corrected chi connectivity index (χ1v) is 5.12. The third-order valence-corrected chi connectivity index (χ3v) is 2.72. The average Bonchev–Trinajstić information content (AvgIpc) is 2.37. The molecular weight excluding hydrogens is 257 g/mol. The third-order valence-electron chi connectivity index (χ3n) is 2.72. The van der Waals surface area contributed by atoms with Crippen molar-refractivity contribution in [2.75, 3.05) is 13.7 Å². The predicted octanol–water partition coefficient (Wildman–Crippen LogP) is 2.19. The van der Waals surface area contributed by atoms with Crippen molar-refractivity contribution in [1.82, 2.24) is 4.90 Å². The maximum Gasteiger partial charge on any atom is 0.200 e. The number of hydrogen-bond acceptors (Lipinski definition) is 2. The van der Waals surface area contributed by atoms with E-state index in [0.29, 0.717) is 0 Å². The Balaban J connectivity index is 3.18. The Morgan fingerprint density at radius 2 is 1.33 bits per heavy atom. The van der Waals surface area contributed by atoms with Gasteiger partial charge in [-0.3, -0.25) is 4.90 Å². The van der Waals surface area contributed by atoms with Crippen molar-refractivity contribution >= 4 is 0 Å². The van der Waals surface area contributed by atoms with Crippen molar-refractivity contribution in [1.29, 1.82) is 0 Å². The largest absolute Gasteiger partial charge is 0.395 e. The number of nitrogens with zero attached hydrogens (tertiary/aromatic N) is 1. The second kappa shape index (κ2) is 5.62. The van der Waals surface area contributed by atoms with Crippen molar-refractivity contribution in [3.63, 3.8) is 0 Å². The second-order valence-electron chi connectivity index (χ2n) is 4.00. The van der Waals surface area contributed by atoms with E-state index in [-0.39, 0.29) is 6.61 Å². The van der Waals surface area contributed by atoms with Gasteiger partial charge >= 0.3 is 0 Å². The van der Waals surface area contributed by atoms with Crippen molar-refractivity contribution in [2.24, 2.45) is 0 Å². The topological polar surface area (TPSA) is 23.5 Å². The van der Waals surface area contributed by atoms with Gasteiger partial charge in [0.2, 0.25) is 5.82 Å². The van der Waals surface area contributed by atoms with Crippen LogP contribution < -0.4 is 0 Å². The number of aliphatic hydroxyl groups excluding tert-OH is 1. The summed E-state index contributed by atoms with van der Waals surface area (Å²) >= 11 is 0. The molecule has 1 atom stereocenters. The minimum absolute atomic E-state index is 0.300. The number of aliphatic hydroxyl groups is 1. The minimum Gasteiger partial charge on any atom is -0.395 e. The highest BCUT2D eigenvalue weighted by atomic mass is 19.2. The molecule has 1 N–H and O–H groups in total. The molecule has 7 heteroatoms. The summed E-state index contributed by atoms with van der Waals surface area (Å²) in [4.78, 5) is 1.28. The molecule has 0 aliphatic rings.